The Kier molecular flexibility index (Phi) is 3.65. The van der Waals surface area contributed by atoms with Crippen molar-refractivity contribution in [2.45, 2.75) is 95.2 Å². The zero-order chi connectivity index (χ0) is 13.5. The van der Waals surface area contributed by atoms with Crippen molar-refractivity contribution in [1.82, 2.24) is 0 Å². The Balaban J connectivity index is 1.81. The van der Waals surface area contributed by atoms with Crippen molar-refractivity contribution in [3.8, 4) is 0 Å². The molecule has 0 N–H and O–H groups in total. The molecule has 4 atom stereocenters. The molecule has 0 bridgehead atoms. The van der Waals surface area contributed by atoms with E-state index in [1.54, 1.807) is 0 Å². The summed E-state index contributed by atoms with van der Waals surface area (Å²) in [6.07, 6.45) is 8.68. The van der Waals surface area contributed by atoms with Crippen LogP contribution in [0.25, 0.3) is 0 Å². The molecule has 3 nitrogen and oxygen atoms in total. The van der Waals surface area contributed by atoms with Crippen LogP contribution in [0, 0.1) is 0 Å². The molecule has 0 aromatic carbocycles. The number of rotatable bonds is 0. The molecule has 3 aliphatic rings. The molecule has 110 valence electrons. The van der Waals surface area contributed by atoms with Gasteiger partial charge in [-0.2, -0.15) is 0 Å². The largest absolute Gasteiger partial charge is 0.376 e. The van der Waals surface area contributed by atoms with E-state index in [-0.39, 0.29) is 23.4 Å². The van der Waals surface area contributed by atoms with Crippen LogP contribution in [0.15, 0.2) is 0 Å². The Labute approximate surface area is 117 Å². The fraction of sp³-hybridized carbons (Fsp3) is 1.00. The lowest BCUT2D eigenvalue weighted by atomic mass is 9.90. The predicted octanol–water partition coefficient (Wildman–Crippen LogP) is 3.45. The second kappa shape index (κ2) is 5.01. The normalized spacial score (nSPS) is 46.6. The van der Waals surface area contributed by atoms with E-state index < -0.39 is 0 Å². The molecular formula is C16H28O3. The van der Waals surface area contributed by atoms with Crippen molar-refractivity contribution in [2.24, 2.45) is 0 Å². The molecule has 0 aliphatic carbocycles. The van der Waals surface area contributed by atoms with E-state index in [2.05, 4.69) is 20.8 Å². The summed E-state index contributed by atoms with van der Waals surface area (Å²) in [7, 11) is 0. The maximum atomic E-state index is 6.53. The van der Waals surface area contributed by atoms with E-state index in [0.717, 1.165) is 45.1 Å². The van der Waals surface area contributed by atoms with Crippen LogP contribution >= 0.6 is 0 Å². The van der Waals surface area contributed by atoms with E-state index in [0.29, 0.717) is 6.10 Å². The van der Waals surface area contributed by atoms with Crippen molar-refractivity contribution in [3.05, 3.63) is 0 Å². The summed E-state index contributed by atoms with van der Waals surface area (Å²) in [5.74, 6) is 0. The highest BCUT2D eigenvalue weighted by atomic mass is 16.6. The van der Waals surface area contributed by atoms with Gasteiger partial charge in [0.2, 0.25) is 0 Å². The Morgan fingerprint density at radius 1 is 0.842 bits per heavy atom. The average Bonchev–Trinajstić information content (AvgIpc) is 2.53. The molecule has 3 saturated heterocycles. The van der Waals surface area contributed by atoms with Crippen LogP contribution in [-0.2, 0) is 14.2 Å². The zero-order valence-corrected chi connectivity index (χ0v) is 12.6. The molecule has 0 radical (unpaired) electrons. The minimum atomic E-state index is -0.117. The van der Waals surface area contributed by atoms with Gasteiger partial charge in [-0.3, -0.25) is 0 Å². The molecule has 3 fully saturated rings. The monoisotopic (exact) mass is 268 g/mol. The van der Waals surface area contributed by atoms with Crippen molar-refractivity contribution >= 4 is 0 Å². The summed E-state index contributed by atoms with van der Waals surface area (Å²) in [4.78, 5) is 0. The first-order valence-electron chi connectivity index (χ1n) is 7.96. The fourth-order valence-electron chi connectivity index (χ4n) is 3.97. The maximum Gasteiger partial charge on any atom is 0.0920 e. The predicted molar refractivity (Wildman–Crippen MR) is 74.3 cm³/mol. The third-order valence-electron chi connectivity index (χ3n) is 5.11. The second-order valence-corrected chi connectivity index (χ2v) is 7.32. The van der Waals surface area contributed by atoms with Crippen molar-refractivity contribution in [1.29, 1.82) is 0 Å². The summed E-state index contributed by atoms with van der Waals surface area (Å²) in [5, 5.41) is 0. The lowest BCUT2D eigenvalue weighted by Gasteiger charge is -2.39. The SMILES string of the molecule is CC1(C)CCC[C@@]2(C)O[C@H]3CCCO[C@@H]3CC[C@@H]2O1. The van der Waals surface area contributed by atoms with E-state index in [1.165, 1.54) is 6.42 Å². The lowest BCUT2D eigenvalue weighted by molar-refractivity contribution is -0.200. The zero-order valence-electron chi connectivity index (χ0n) is 12.6. The van der Waals surface area contributed by atoms with Gasteiger partial charge in [-0.25, -0.2) is 0 Å². The first-order valence-corrected chi connectivity index (χ1v) is 7.96. The summed E-state index contributed by atoms with van der Waals surface area (Å²) in [5.41, 5.74) is -0.129. The van der Waals surface area contributed by atoms with E-state index in [9.17, 15) is 0 Å². The maximum absolute atomic E-state index is 6.53. The standard InChI is InChI=1S/C16H28O3/c1-15(2)9-5-10-16(3)14(19-15)8-7-12-13(18-16)6-4-11-17-12/h12-14H,4-11H2,1-3H3/t12-,13+,14+,16-/m1/s1. The minimum absolute atomic E-state index is 0.0117. The van der Waals surface area contributed by atoms with Gasteiger partial charge in [0, 0.05) is 6.61 Å². The highest BCUT2D eigenvalue weighted by Crippen LogP contribution is 2.42. The van der Waals surface area contributed by atoms with Crippen LogP contribution in [0.1, 0.15) is 65.7 Å². The summed E-state index contributed by atoms with van der Waals surface area (Å²) in [6, 6.07) is 0. The van der Waals surface area contributed by atoms with Crippen molar-refractivity contribution in [3.63, 3.8) is 0 Å². The van der Waals surface area contributed by atoms with Crippen molar-refractivity contribution < 1.29 is 14.2 Å². The van der Waals surface area contributed by atoms with Crippen LogP contribution in [0.5, 0.6) is 0 Å². The highest BCUT2D eigenvalue weighted by molar-refractivity contribution is 4.96. The van der Waals surface area contributed by atoms with Gasteiger partial charge in [0.25, 0.3) is 0 Å². The number of ether oxygens (including phenoxy) is 3. The Hall–Kier alpha value is -0.120. The van der Waals surface area contributed by atoms with Crippen LogP contribution in [-0.4, -0.2) is 36.1 Å². The number of fused-ring (bicyclic) bond motifs is 2. The molecule has 0 saturated carbocycles. The fourth-order valence-corrected chi connectivity index (χ4v) is 3.97. The van der Waals surface area contributed by atoms with Gasteiger partial charge < -0.3 is 14.2 Å². The second-order valence-electron chi connectivity index (χ2n) is 7.32. The van der Waals surface area contributed by atoms with Gasteiger partial charge in [0.15, 0.2) is 0 Å². The average molecular weight is 268 g/mol. The molecule has 3 rings (SSSR count). The molecule has 0 amide bonds. The van der Waals surface area contributed by atoms with E-state index >= 15 is 0 Å². The number of hydrogen-bond acceptors (Lipinski definition) is 3. The van der Waals surface area contributed by atoms with Crippen LogP contribution in [0.4, 0.5) is 0 Å². The van der Waals surface area contributed by atoms with Gasteiger partial charge in [0.1, 0.15) is 0 Å². The first-order chi connectivity index (χ1) is 8.99. The first kappa shape index (κ1) is 13.8. The van der Waals surface area contributed by atoms with Crippen LogP contribution in [0.3, 0.4) is 0 Å². The topological polar surface area (TPSA) is 27.7 Å². The molecule has 19 heavy (non-hydrogen) atoms. The van der Waals surface area contributed by atoms with Gasteiger partial charge in [-0.15, -0.1) is 0 Å². The van der Waals surface area contributed by atoms with Gasteiger partial charge >= 0.3 is 0 Å². The Morgan fingerprint density at radius 3 is 2.53 bits per heavy atom. The third kappa shape index (κ3) is 2.84. The van der Waals surface area contributed by atoms with E-state index in [4.69, 9.17) is 14.2 Å². The molecule has 0 aromatic heterocycles. The Bertz CT molecular complexity index is 328. The number of hydrogen-bond donors (Lipinski definition) is 0. The molecule has 3 aliphatic heterocycles. The molecule has 0 spiro atoms. The Morgan fingerprint density at radius 2 is 1.68 bits per heavy atom. The highest BCUT2D eigenvalue weighted by Gasteiger charge is 2.47. The summed E-state index contributed by atoms with van der Waals surface area (Å²) >= 11 is 0. The van der Waals surface area contributed by atoms with Crippen LogP contribution in [0.2, 0.25) is 0 Å². The minimum Gasteiger partial charge on any atom is -0.376 e. The van der Waals surface area contributed by atoms with Crippen LogP contribution < -0.4 is 0 Å². The third-order valence-corrected chi connectivity index (χ3v) is 5.11. The molecule has 3 heterocycles. The smallest absolute Gasteiger partial charge is 0.0920 e. The molecule has 0 unspecified atom stereocenters. The molecule has 3 heteroatoms. The van der Waals surface area contributed by atoms with Gasteiger partial charge in [-0.1, -0.05) is 0 Å². The lowest BCUT2D eigenvalue weighted by Crippen LogP contribution is -2.47. The van der Waals surface area contributed by atoms with Crippen molar-refractivity contribution in [2.75, 3.05) is 6.61 Å². The van der Waals surface area contributed by atoms with Gasteiger partial charge in [-0.05, 0) is 65.7 Å². The van der Waals surface area contributed by atoms with E-state index in [1.807, 2.05) is 0 Å². The quantitative estimate of drug-likeness (QED) is 0.673. The summed E-state index contributed by atoms with van der Waals surface area (Å²) in [6.45, 7) is 7.59. The molecular weight excluding hydrogens is 240 g/mol. The van der Waals surface area contributed by atoms with Gasteiger partial charge in [0.05, 0.1) is 29.5 Å². The summed E-state index contributed by atoms with van der Waals surface area (Å²) < 4.78 is 18.9. The molecule has 0 aromatic rings.